The molecule has 93 heavy (non-hydrogen) atoms. The van der Waals surface area contributed by atoms with Gasteiger partial charge in [0.05, 0.1) is 163 Å². The number of ether oxygens (including phenoxy) is 14. The predicted molar refractivity (Wildman–Crippen MR) is 326 cm³/mol. The van der Waals surface area contributed by atoms with Crippen LogP contribution in [0.25, 0.3) is 0 Å². The van der Waals surface area contributed by atoms with E-state index in [-0.39, 0.29) is 63.8 Å². The van der Waals surface area contributed by atoms with Crippen molar-refractivity contribution in [1.82, 2.24) is 30.5 Å². The van der Waals surface area contributed by atoms with Gasteiger partial charge in [0.15, 0.2) is 6.10 Å². The van der Waals surface area contributed by atoms with E-state index in [1.54, 1.807) is 60.1 Å². The summed E-state index contributed by atoms with van der Waals surface area (Å²) in [4.78, 5) is 92.8. The Hall–Kier alpha value is -6.05. The molecular weight excluding hydrogens is 1230 g/mol. The van der Waals surface area contributed by atoms with Gasteiger partial charge in [0.25, 0.3) is 11.8 Å². The number of aliphatic hydroxyl groups is 3. The Balaban J connectivity index is 1.10. The van der Waals surface area contributed by atoms with Gasteiger partial charge in [-0.05, 0) is 69.7 Å². The van der Waals surface area contributed by atoms with Crippen molar-refractivity contribution in [2.45, 2.75) is 123 Å². The number of nitrogens with zero attached hydrogens (tertiary/aromatic N) is 4. The molecule has 2 aliphatic rings. The summed E-state index contributed by atoms with van der Waals surface area (Å²) in [6, 6.07) is 0.746. The van der Waals surface area contributed by atoms with Crippen LogP contribution in [0.1, 0.15) is 64.8 Å². The summed E-state index contributed by atoms with van der Waals surface area (Å²) in [5, 5.41) is 57.0. The molecule has 32 heteroatoms. The van der Waals surface area contributed by atoms with Gasteiger partial charge >= 0.3 is 11.9 Å². The Morgan fingerprint density at radius 3 is 1.60 bits per heavy atom. The van der Waals surface area contributed by atoms with Crippen molar-refractivity contribution < 1.29 is 120 Å². The van der Waals surface area contributed by atoms with Crippen LogP contribution in [0.5, 0.6) is 0 Å². The summed E-state index contributed by atoms with van der Waals surface area (Å²) in [5.41, 5.74) is 0.636. The van der Waals surface area contributed by atoms with Crippen molar-refractivity contribution in [1.29, 1.82) is 0 Å². The molecule has 0 spiro atoms. The van der Waals surface area contributed by atoms with Crippen LogP contribution in [0.15, 0.2) is 36.5 Å². The van der Waals surface area contributed by atoms with Crippen molar-refractivity contribution in [2.24, 2.45) is 11.3 Å². The van der Waals surface area contributed by atoms with Crippen molar-refractivity contribution >= 4 is 47.2 Å². The lowest BCUT2D eigenvalue weighted by Crippen LogP contribution is -2.59. The number of carboxylic acids is 1. The fraction of sp³-hybridized carbons (Fsp3) is 0.721. The van der Waals surface area contributed by atoms with E-state index in [0.29, 0.717) is 137 Å². The number of esters is 1. The minimum absolute atomic E-state index is 0.0543. The molecule has 0 radical (unpaired) electrons. The number of benzene rings is 1. The Morgan fingerprint density at radius 1 is 0.624 bits per heavy atom. The zero-order chi connectivity index (χ0) is 68.0. The highest BCUT2D eigenvalue weighted by molar-refractivity contribution is 6.15. The van der Waals surface area contributed by atoms with Crippen LogP contribution < -0.4 is 16.0 Å². The van der Waals surface area contributed by atoms with E-state index in [1.165, 1.54) is 17.7 Å². The number of methoxy groups -OCH3 is 1. The molecule has 32 nitrogen and oxygen atoms in total. The third-order valence-corrected chi connectivity index (χ3v) is 14.0. The predicted octanol–water partition coefficient (Wildman–Crippen LogP) is -0.859. The summed E-state index contributed by atoms with van der Waals surface area (Å²) in [6.45, 7) is 18.7. The quantitative estimate of drug-likeness (QED) is 0.0183. The Morgan fingerprint density at radius 2 is 1.12 bits per heavy atom. The van der Waals surface area contributed by atoms with E-state index in [2.05, 4.69) is 26.3 Å². The van der Waals surface area contributed by atoms with E-state index in [0.717, 1.165) is 17.1 Å². The summed E-state index contributed by atoms with van der Waals surface area (Å²) in [5.74, 6) is -6.40. The number of hydrogen-bond donors (Lipinski definition) is 7. The molecule has 2 aliphatic heterocycles. The molecule has 1 fully saturated rings. The van der Waals surface area contributed by atoms with E-state index in [4.69, 9.17) is 66.3 Å². The molecule has 0 aliphatic carbocycles. The minimum Gasteiger partial charge on any atom is -0.479 e. The number of nitrogens with one attached hydrogen (secondary N) is 3. The lowest BCUT2D eigenvalue weighted by atomic mass is 9.91. The van der Waals surface area contributed by atoms with Gasteiger partial charge in [0.1, 0.15) is 49.8 Å². The van der Waals surface area contributed by atoms with Crippen molar-refractivity contribution in [3.63, 3.8) is 0 Å². The Labute approximate surface area is 541 Å². The molecule has 1 saturated heterocycles. The molecule has 1 aromatic carbocycles. The van der Waals surface area contributed by atoms with Crippen LogP contribution in [0.3, 0.4) is 0 Å². The first kappa shape index (κ1) is 79.4. The molecule has 8 atom stereocenters. The number of aliphatic carboxylic acids is 1. The zero-order valence-electron chi connectivity index (χ0n) is 54.4. The van der Waals surface area contributed by atoms with Gasteiger partial charge in [0, 0.05) is 37.6 Å². The maximum absolute atomic E-state index is 14.1. The summed E-state index contributed by atoms with van der Waals surface area (Å²) >= 11 is 0. The van der Waals surface area contributed by atoms with E-state index in [1.807, 2.05) is 0 Å². The number of carbonyl (C=O) groups is 7. The number of carboxylic acid groups (broad SMARTS) is 1. The molecule has 1 unspecified atom stereocenters. The van der Waals surface area contributed by atoms with Crippen LogP contribution in [-0.2, 0) is 126 Å². The number of aromatic nitrogens is 3. The first-order chi connectivity index (χ1) is 44.6. The van der Waals surface area contributed by atoms with Crippen LogP contribution in [0, 0.1) is 11.3 Å². The monoisotopic (exact) mass is 1330 g/mol. The maximum atomic E-state index is 14.1. The van der Waals surface area contributed by atoms with Crippen LogP contribution in [0.4, 0.5) is 5.69 Å². The number of carbonyl (C=O) groups excluding carboxylic acids is 6. The van der Waals surface area contributed by atoms with Gasteiger partial charge in [-0.2, -0.15) is 0 Å². The van der Waals surface area contributed by atoms with Crippen LogP contribution in [-0.4, -0.2) is 283 Å². The number of aliphatic hydroxyl groups excluding tert-OH is 3. The fourth-order valence-corrected chi connectivity index (χ4v) is 8.75. The highest BCUT2D eigenvalue weighted by Gasteiger charge is 2.47. The SMILES string of the molecule is COCCOCCOCCOCCOCCOCOCCOCCOCCOCCOCCOCCn1cc(CC(C(=O)N[C@H](C(=O)N[C@@H](C)C(=O)Nc2ccc(COC(=O)C(C)(C)C)c(CC[C@@H]3O[C@H](C(=O)O)[C@@H](O)[C@H](O)[C@H]3O)c2)C(C)C)N2C(=O)C=CC2=O)nn1. The highest BCUT2D eigenvalue weighted by atomic mass is 16.7. The molecule has 2 aromatic rings. The van der Waals surface area contributed by atoms with Crippen molar-refractivity contribution in [3.05, 3.63) is 53.4 Å². The molecule has 4 rings (SSSR count). The normalized spacial score (nSPS) is 18.4. The van der Waals surface area contributed by atoms with Crippen molar-refractivity contribution in [3.8, 4) is 0 Å². The van der Waals surface area contributed by atoms with Gasteiger partial charge in [0.2, 0.25) is 17.7 Å². The second-order valence-corrected chi connectivity index (χ2v) is 22.7. The second-order valence-electron chi connectivity index (χ2n) is 22.7. The van der Waals surface area contributed by atoms with Gasteiger partial charge in [-0.3, -0.25) is 33.7 Å². The largest absolute Gasteiger partial charge is 0.479 e. The Bertz CT molecular complexity index is 2550. The standard InChI is InChI=1S/C61H97N7O25/c1-41(2)51(58(76)62-42(3)56(74)63-45-10-8-44(39-92-60(79)61(4,5)6)43(36-45)9-11-48-52(71)53(72)54(73)55(93-48)59(77)78)64-57(75)47(68-49(69)12-13-50(68)70)37-46-38-67(66-65-46)14-15-81-18-19-83-22-23-85-26-27-87-29-31-89-33-35-91-40-90-34-32-88-30-28-86-25-24-84-21-20-82-17-16-80-7/h8,10,12-13,36,38,41-42,47-48,51-55,71-73H,9,11,14-35,37,39-40H2,1-7H3,(H,62,76)(H,63,74)(H,64,75)(H,77,78)/t42-,47?,48-,51-,52-,53+,54-,55-/m0/s1. The number of rotatable bonds is 51. The molecule has 1 aromatic heterocycles. The summed E-state index contributed by atoms with van der Waals surface area (Å²) < 4.78 is 77.6. The van der Waals surface area contributed by atoms with Crippen molar-refractivity contribution in [2.75, 3.05) is 158 Å². The molecule has 7 N–H and O–H groups in total. The summed E-state index contributed by atoms with van der Waals surface area (Å²) in [7, 11) is 1.63. The minimum atomic E-state index is -1.88. The zero-order valence-corrected chi connectivity index (χ0v) is 54.4. The highest BCUT2D eigenvalue weighted by Crippen LogP contribution is 2.28. The number of hydrogen-bond acceptors (Lipinski definition) is 26. The van der Waals surface area contributed by atoms with Gasteiger partial charge < -0.3 is 103 Å². The second kappa shape index (κ2) is 44.6. The third-order valence-electron chi connectivity index (χ3n) is 14.0. The lowest BCUT2D eigenvalue weighted by molar-refractivity contribution is -0.228. The van der Waals surface area contributed by atoms with E-state index >= 15 is 0 Å². The van der Waals surface area contributed by atoms with Crippen LogP contribution >= 0.6 is 0 Å². The molecule has 0 bridgehead atoms. The first-order valence-electron chi connectivity index (χ1n) is 31.0. The molecular formula is C61H97N7O25. The third kappa shape index (κ3) is 30.5. The summed E-state index contributed by atoms with van der Waals surface area (Å²) in [6.07, 6.45) is -5.06. The topological polar surface area (TPSA) is 400 Å². The van der Waals surface area contributed by atoms with E-state index < -0.39 is 101 Å². The van der Waals surface area contributed by atoms with Gasteiger partial charge in [-0.25, -0.2) is 9.48 Å². The average Bonchev–Trinajstić information content (AvgIpc) is 1.84. The van der Waals surface area contributed by atoms with Crippen LogP contribution in [0.2, 0.25) is 0 Å². The van der Waals surface area contributed by atoms with Gasteiger partial charge in [-0.1, -0.05) is 25.1 Å². The number of aryl methyl sites for hydroxylation is 1. The Kier molecular flexibility index (Phi) is 38.1. The molecule has 3 heterocycles. The molecule has 5 amide bonds. The molecule has 526 valence electrons. The smallest absolute Gasteiger partial charge is 0.335 e. The fourth-order valence-electron chi connectivity index (χ4n) is 8.75. The number of imide groups is 1. The van der Waals surface area contributed by atoms with Gasteiger partial charge in [-0.15, -0.1) is 5.10 Å². The number of amides is 5. The number of anilines is 1. The maximum Gasteiger partial charge on any atom is 0.335 e. The molecule has 0 saturated carbocycles. The van der Waals surface area contributed by atoms with E-state index in [9.17, 15) is 54.0 Å². The first-order valence-corrected chi connectivity index (χ1v) is 31.0. The average molecular weight is 1330 g/mol. The lowest BCUT2D eigenvalue weighted by Gasteiger charge is -2.39.